The zero-order valence-corrected chi connectivity index (χ0v) is 16.0. The van der Waals surface area contributed by atoms with Gasteiger partial charge in [0.05, 0.1) is 7.11 Å². The van der Waals surface area contributed by atoms with E-state index in [4.69, 9.17) is 4.74 Å². The first-order valence-electron chi connectivity index (χ1n) is 9.41. The largest absolute Gasteiger partial charge is 0.493 e. The van der Waals surface area contributed by atoms with Crippen LogP contribution in [0.1, 0.15) is 42.5 Å². The molecule has 1 aromatic carbocycles. The van der Waals surface area contributed by atoms with E-state index in [-0.39, 0.29) is 42.1 Å². The van der Waals surface area contributed by atoms with Gasteiger partial charge in [0.2, 0.25) is 0 Å². The molecule has 2 aliphatic rings. The van der Waals surface area contributed by atoms with Crippen molar-refractivity contribution < 1.29 is 32.6 Å². The van der Waals surface area contributed by atoms with Crippen molar-refractivity contribution in [1.29, 1.82) is 0 Å². The molecule has 2 N–H and O–H groups in total. The van der Waals surface area contributed by atoms with Crippen LogP contribution >= 0.6 is 0 Å². The van der Waals surface area contributed by atoms with Crippen LogP contribution in [0, 0.1) is 0 Å². The van der Waals surface area contributed by atoms with Gasteiger partial charge in [0.15, 0.2) is 11.5 Å². The van der Waals surface area contributed by atoms with E-state index in [0.29, 0.717) is 19.3 Å². The van der Waals surface area contributed by atoms with Crippen LogP contribution in [-0.2, 0) is 4.79 Å². The molecule has 1 aromatic rings. The highest BCUT2D eigenvalue weighted by molar-refractivity contribution is 6.07. The van der Waals surface area contributed by atoms with Crippen molar-refractivity contribution in [1.82, 2.24) is 15.5 Å². The average Bonchev–Trinajstić information content (AvgIpc) is 3.24. The molecule has 10 heteroatoms. The van der Waals surface area contributed by atoms with Crippen molar-refractivity contribution in [3.63, 3.8) is 0 Å². The Morgan fingerprint density at radius 2 is 2.00 bits per heavy atom. The van der Waals surface area contributed by atoms with Crippen LogP contribution in [0.25, 0.3) is 0 Å². The molecule has 8 nitrogen and oxygen atoms in total. The van der Waals surface area contributed by atoms with E-state index in [9.17, 15) is 23.2 Å². The number of hydrogen-bond acceptors (Lipinski definition) is 5. The standard InChI is InChI=1S/C19H23F2N3O5/c1-28-14-11-12(5-6-13(14)29-17(20)21)15(25)22-9-4-10-24-16(26)19(23-18(24)27)7-2-3-8-19/h5-6,11,17H,2-4,7-10H2,1H3,(H,22,25)(H,23,27). The number of imide groups is 1. The topological polar surface area (TPSA) is 97.0 Å². The molecule has 4 amide bonds. The second-order valence-corrected chi connectivity index (χ2v) is 7.03. The molecule has 0 unspecified atom stereocenters. The Labute approximate surface area is 166 Å². The summed E-state index contributed by atoms with van der Waals surface area (Å²) in [4.78, 5) is 38.1. The maximum absolute atomic E-state index is 12.5. The summed E-state index contributed by atoms with van der Waals surface area (Å²) in [6.45, 7) is -2.56. The third kappa shape index (κ3) is 4.41. The molecule has 0 bridgehead atoms. The minimum atomic E-state index is -3.00. The molecule has 1 saturated carbocycles. The second-order valence-electron chi connectivity index (χ2n) is 7.03. The van der Waals surface area contributed by atoms with Gasteiger partial charge in [0.25, 0.3) is 11.8 Å². The smallest absolute Gasteiger partial charge is 0.387 e. The molecule has 1 spiro atoms. The average molecular weight is 411 g/mol. The number of benzene rings is 1. The molecule has 2 fully saturated rings. The van der Waals surface area contributed by atoms with Gasteiger partial charge in [-0.25, -0.2) is 4.79 Å². The highest BCUT2D eigenvalue weighted by Crippen LogP contribution is 2.35. The molecule has 0 aromatic heterocycles. The van der Waals surface area contributed by atoms with E-state index in [2.05, 4.69) is 15.4 Å². The third-order valence-electron chi connectivity index (χ3n) is 5.19. The number of amides is 4. The number of carbonyl (C=O) groups excluding carboxylic acids is 3. The quantitative estimate of drug-likeness (QED) is 0.505. The van der Waals surface area contributed by atoms with E-state index in [0.717, 1.165) is 12.8 Å². The Kier molecular flexibility index (Phi) is 6.19. The molecule has 1 aliphatic carbocycles. The van der Waals surface area contributed by atoms with Crippen molar-refractivity contribution in [2.45, 2.75) is 44.3 Å². The number of nitrogens with zero attached hydrogens (tertiary/aromatic N) is 1. The zero-order chi connectivity index (χ0) is 21.0. The van der Waals surface area contributed by atoms with E-state index >= 15 is 0 Å². The van der Waals surface area contributed by atoms with Gasteiger partial charge in [-0.05, 0) is 37.5 Å². The van der Waals surface area contributed by atoms with Crippen molar-refractivity contribution in [2.75, 3.05) is 20.2 Å². The fourth-order valence-electron chi connectivity index (χ4n) is 3.74. The summed E-state index contributed by atoms with van der Waals surface area (Å²) in [6, 6.07) is 3.49. The van der Waals surface area contributed by atoms with Gasteiger partial charge in [0.1, 0.15) is 5.54 Å². The number of methoxy groups -OCH3 is 1. The Morgan fingerprint density at radius 1 is 1.28 bits per heavy atom. The lowest BCUT2D eigenvalue weighted by Gasteiger charge is -2.20. The number of alkyl halides is 2. The fourth-order valence-corrected chi connectivity index (χ4v) is 3.74. The van der Waals surface area contributed by atoms with Crippen LogP contribution < -0.4 is 20.1 Å². The Hall–Kier alpha value is -2.91. The van der Waals surface area contributed by atoms with Crippen LogP contribution in [0.3, 0.4) is 0 Å². The summed E-state index contributed by atoms with van der Waals surface area (Å²) in [5, 5.41) is 5.48. The number of hydrogen-bond donors (Lipinski definition) is 2. The fraction of sp³-hybridized carbons (Fsp3) is 0.526. The van der Waals surface area contributed by atoms with Crippen molar-refractivity contribution in [3.05, 3.63) is 23.8 Å². The first-order valence-corrected chi connectivity index (χ1v) is 9.41. The Bertz CT molecular complexity index is 796. The molecule has 3 rings (SSSR count). The zero-order valence-electron chi connectivity index (χ0n) is 16.0. The van der Waals surface area contributed by atoms with Crippen molar-refractivity contribution in [3.8, 4) is 11.5 Å². The lowest BCUT2D eigenvalue weighted by atomic mass is 9.98. The molecule has 29 heavy (non-hydrogen) atoms. The predicted molar refractivity (Wildman–Crippen MR) is 98.0 cm³/mol. The highest BCUT2D eigenvalue weighted by Gasteiger charge is 2.51. The SMILES string of the molecule is COc1cc(C(=O)NCCCN2C(=O)NC3(CCCC3)C2=O)ccc1OC(F)F. The Balaban J connectivity index is 1.50. The van der Waals surface area contributed by atoms with Gasteiger partial charge in [-0.1, -0.05) is 12.8 Å². The second kappa shape index (κ2) is 8.62. The molecule has 0 radical (unpaired) electrons. The molecule has 1 heterocycles. The minimum Gasteiger partial charge on any atom is -0.493 e. The molecular weight excluding hydrogens is 388 g/mol. The maximum Gasteiger partial charge on any atom is 0.387 e. The summed E-state index contributed by atoms with van der Waals surface area (Å²) >= 11 is 0. The van der Waals surface area contributed by atoms with E-state index in [1.165, 1.54) is 30.2 Å². The lowest BCUT2D eigenvalue weighted by molar-refractivity contribution is -0.131. The van der Waals surface area contributed by atoms with Crippen LogP contribution in [0.2, 0.25) is 0 Å². The monoisotopic (exact) mass is 411 g/mol. The van der Waals surface area contributed by atoms with Crippen LogP contribution in [0.5, 0.6) is 11.5 Å². The van der Waals surface area contributed by atoms with Gasteiger partial charge in [0, 0.05) is 18.7 Å². The first kappa shape index (κ1) is 20.8. The number of ether oxygens (including phenoxy) is 2. The van der Waals surface area contributed by atoms with Gasteiger partial charge in [-0.15, -0.1) is 0 Å². The van der Waals surface area contributed by atoms with Crippen LogP contribution in [-0.4, -0.2) is 55.1 Å². The number of rotatable bonds is 8. The summed E-state index contributed by atoms with van der Waals surface area (Å²) in [6.07, 6.45) is 3.56. The summed E-state index contributed by atoms with van der Waals surface area (Å²) in [5.41, 5.74) is -0.526. The molecular formula is C19H23F2N3O5. The summed E-state index contributed by atoms with van der Waals surface area (Å²) in [7, 11) is 1.28. The van der Waals surface area contributed by atoms with Gasteiger partial charge < -0.3 is 20.1 Å². The van der Waals surface area contributed by atoms with Crippen molar-refractivity contribution >= 4 is 17.8 Å². The third-order valence-corrected chi connectivity index (χ3v) is 5.19. The van der Waals surface area contributed by atoms with Gasteiger partial charge in [-0.3, -0.25) is 14.5 Å². The number of carbonyl (C=O) groups is 3. The van der Waals surface area contributed by atoms with E-state index in [1.54, 1.807) is 0 Å². The van der Waals surface area contributed by atoms with E-state index in [1.807, 2.05) is 0 Å². The molecule has 0 atom stereocenters. The normalized spacial score (nSPS) is 17.7. The highest BCUT2D eigenvalue weighted by atomic mass is 19.3. The number of nitrogens with one attached hydrogen (secondary N) is 2. The number of urea groups is 1. The van der Waals surface area contributed by atoms with Crippen LogP contribution in [0.4, 0.5) is 13.6 Å². The number of halogens is 2. The first-order chi connectivity index (χ1) is 13.9. The molecule has 1 aliphatic heterocycles. The molecule has 158 valence electrons. The predicted octanol–water partition coefficient (Wildman–Crippen LogP) is 2.28. The van der Waals surface area contributed by atoms with E-state index < -0.39 is 18.1 Å². The lowest BCUT2D eigenvalue weighted by Crippen LogP contribution is -2.44. The van der Waals surface area contributed by atoms with Gasteiger partial charge in [-0.2, -0.15) is 8.78 Å². The maximum atomic E-state index is 12.5. The summed E-state index contributed by atoms with van der Waals surface area (Å²) in [5.74, 6) is -0.778. The van der Waals surface area contributed by atoms with Crippen molar-refractivity contribution in [2.24, 2.45) is 0 Å². The molecule has 1 saturated heterocycles. The summed E-state index contributed by atoms with van der Waals surface area (Å²) < 4.78 is 34.0. The van der Waals surface area contributed by atoms with Gasteiger partial charge >= 0.3 is 12.6 Å². The minimum absolute atomic E-state index is 0.0131. The van der Waals surface area contributed by atoms with Crippen LogP contribution in [0.15, 0.2) is 18.2 Å². The Morgan fingerprint density at radius 3 is 2.66 bits per heavy atom.